The van der Waals surface area contributed by atoms with Crippen molar-refractivity contribution in [3.05, 3.63) is 53.6 Å². The minimum absolute atomic E-state index is 0.106. The van der Waals surface area contributed by atoms with Crippen molar-refractivity contribution in [2.75, 3.05) is 28.9 Å². The number of aliphatic hydroxyl groups excluding tert-OH is 1. The van der Waals surface area contributed by atoms with Crippen LogP contribution in [0.4, 0.5) is 26.3 Å². The lowest BCUT2D eigenvalue weighted by Gasteiger charge is -2.17. The molecule has 0 saturated carbocycles. The van der Waals surface area contributed by atoms with E-state index < -0.39 is 6.03 Å². The van der Waals surface area contributed by atoms with Crippen LogP contribution in [-0.4, -0.2) is 24.3 Å². The van der Waals surface area contributed by atoms with Gasteiger partial charge in [0.05, 0.1) is 17.1 Å². The number of para-hydroxylation sites is 2. The summed E-state index contributed by atoms with van der Waals surface area (Å²) < 4.78 is 14.4. The number of unbranched alkanes of at least 4 members (excludes halogenated alkanes) is 1. The molecule has 2 aromatic carbocycles. The summed E-state index contributed by atoms with van der Waals surface area (Å²) in [5, 5.41) is 14.7. The Bertz CT molecular complexity index is 722. The quantitative estimate of drug-likeness (QED) is 0.514. The van der Waals surface area contributed by atoms with Gasteiger partial charge in [0.1, 0.15) is 0 Å². The first kappa shape index (κ1) is 18.7. The van der Waals surface area contributed by atoms with E-state index in [0.29, 0.717) is 24.3 Å². The molecular weight excluding hydrogens is 321 g/mol. The Balaban J connectivity index is 2.05. The third-order valence-electron chi connectivity index (χ3n) is 3.96. The van der Waals surface area contributed by atoms with Crippen molar-refractivity contribution in [2.24, 2.45) is 0 Å². The zero-order valence-corrected chi connectivity index (χ0v) is 14.6. The van der Waals surface area contributed by atoms with Gasteiger partial charge < -0.3 is 15.7 Å². The van der Waals surface area contributed by atoms with Gasteiger partial charge in [-0.3, -0.25) is 0 Å². The van der Waals surface area contributed by atoms with E-state index in [4.69, 9.17) is 5.11 Å². The van der Waals surface area contributed by atoms with E-state index in [1.807, 2.05) is 26.0 Å². The van der Waals surface area contributed by atoms with Crippen LogP contribution in [0.25, 0.3) is 0 Å². The first-order valence-electron chi connectivity index (χ1n) is 8.31. The molecule has 0 spiro atoms. The third kappa shape index (κ3) is 5.19. The number of rotatable bonds is 7. The molecule has 0 aliphatic rings. The fourth-order valence-corrected chi connectivity index (χ4v) is 2.34. The molecule has 25 heavy (non-hydrogen) atoms. The van der Waals surface area contributed by atoms with Gasteiger partial charge in [-0.1, -0.05) is 22.7 Å². The fraction of sp³-hybridized carbons (Fsp3) is 0.316. The number of nitrogens with one attached hydrogen (secondary N) is 2. The van der Waals surface area contributed by atoms with E-state index in [-0.39, 0.29) is 17.4 Å². The van der Waals surface area contributed by atoms with Crippen molar-refractivity contribution in [3.63, 3.8) is 0 Å². The van der Waals surface area contributed by atoms with Crippen LogP contribution in [0.15, 0.2) is 42.5 Å². The molecule has 2 rings (SSSR count). The highest BCUT2D eigenvalue weighted by molar-refractivity contribution is 6.02. The molecule has 0 atom stereocenters. The summed E-state index contributed by atoms with van der Waals surface area (Å²) in [6, 6.07) is 11.3. The SMILES string of the molecule is Cc1ccc(N(F)C(=O)Nc2ccccc2NCCCCO)cc1C. The summed E-state index contributed by atoms with van der Waals surface area (Å²) in [5.41, 5.74) is 3.35. The average molecular weight is 345 g/mol. The zero-order valence-electron chi connectivity index (χ0n) is 14.6. The van der Waals surface area contributed by atoms with Gasteiger partial charge in [0.25, 0.3) is 0 Å². The van der Waals surface area contributed by atoms with E-state index >= 15 is 0 Å². The van der Waals surface area contributed by atoms with Gasteiger partial charge in [-0.05, 0) is 62.1 Å². The molecular formula is C19H24FN3O2. The first-order chi connectivity index (χ1) is 12.0. The number of benzene rings is 2. The maximum atomic E-state index is 14.4. The van der Waals surface area contributed by atoms with Gasteiger partial charge >= 0.3 is 6.03 Å². The van der Waals surface area contributed by atoms with Gasteiger partial charge in [-0.2, -0.15) is 0 Å². The molecule has 134 valence electrons. The molecule has 0 aliphatic carbocycles. The topological polar surface area (TPSA) is 64.6 Å². The highest BCUT2D eigenvalue weighted by Gasteiger charge is 2.17. The van der Waals surface area contributed by atoms with Gasteiger partial charge in [0.15, 0.2) is 0 Å². The molecule has 0 fully saturated rings. The molecule has 2 aromatic rings. The van der Waals surface area contributed by atoms with Gasteiger partial charge in [0, 0.05) is 13.2 Å². The van der Waals surface area contributed by atoms with Crippen molar-refractivity contribution in [1.29, 1.82) is 0 Å². The summed E-state index contributed by atoms with van der Waals surface area (Å²) in [5.74, 6) is 0. The predicted octanol–water partition coefficient (Wildman–Crippen LogP) is 4.41. The van der Waals surface area contributed by atoms with E-state index in [0.717, 1.165) is 17.5 Å². The molecule has 0 aromatic heterocycles. The molecule has 0 saturated heterocycles. The van der Waals surface area contributed by atoms with E-state index in [1.165, 1.54) is 0 Å². The van der Waals surface area contributed by atoms with Crippen LogP contribution in [0.3, 0.4) is 0 Å². The number of aryl methyl sites for hydroxylation is 2. The van der Waals surface area contributed by atoms with Crippen molar-refractivity contribution < 1.29 is 14.4 Å². The minimum atomic E-state index is -0.854. The number of carbonyl (C=O) groups is 1. The summed E-state index contributed by atoms with van der Waals surface area (Å²) in [6.45, 7) is 4.60. The van der Waals surface area contributed by atoms with Crippen molar-refractivity contribution in [3.8, 4) is 0 Å². The lowest BCUT2D eigenvalue weighted by atomic mass is 10.1. The van der Waals surface area contributed by atoms with Crippen LogP contribution in [-0.2, 0) is 0 Å². The Morgan fingerprint density at radius 2 is 1.80 bits per heavy atom. The number of carbonyl (C=O) groups excluding carboxylic acids is 1. The molecule has 5 nitrogen and oxygen atoms in total. The summed E-state index contributed by atoms with van der Waals surface area (Å²) in [4.78, 5) is 12.2. The summed E-state index contributed by atoms with van der Waals surface area (Å²) >= 11 is 0. The molecule has 0 radical (unpaired) electrons. The maximum Gasteiger partial charge on any atom is 0.354 e. The Morgan fingerprint density at radius 1 is 1.08 bits per heavy atom. The third-order valence-corrected chi connectivity index (χ3v) is 3.96. The highest BCUT2D eigenvalue weighted by Crippen LogP contribution is 2.24. The van der Waals surface area contributed by atoms with Gasteiger partial charge in [-0.25, -0.2) is 4.79 Å². The lowest BCUT2D eigenvalue weighted by molar-refractivity contribution is 0.245. The maximum absolute atomic E-state index is 14.4. The van der Waals surface area contributed by atoms with Crippen molar-refractivity contribution in [2.45, 2.75) is 26.7 Å². The summed E-state index contributed by atoms with van der Waals surface area (Å²) in [6.07, 6.45) is 1.50. The number of hydrogen-bond acceptors (Lipinski definition) is 3. The molecule has 3 N–H and O–H groups in total. The van der Waals surface area contributed by atoms with Crippen molar-refractivity contribution >= 4 is 23.1 Å². The van der Waals surface area contributed by atoms with E-state index in [1.54, 1.807) is 30.3 Å². The number of urea groups is 1. The monoisotopic (exact) mass is 345 g/mol. The second-order valence-corrected chi connectivity index (χ2v) is 5.88. The molecule has 6 heteroatoms. The number of anilines is 3. The largest absolute Gasteiger partial charge is 0.396 e. The van der Waals surface area contributed by atoms with Crippen molar-refractivity contribution in [1.82, 2.24) is 0 Å². The minimum Gasteiger partial charge on any atom is -0.396 e. The van der Waals surface area contributed by atoms with Crippen LogP contribution >= 0.6 is 0 Å². The Hall–Kier alpha value is -2.60. The van der Waals surface area contributed by atoms with E-state index in [9.17, 15) is 9.28 Å². The second kappa shape index (κ2) is 9.03. The fourth-order valence-electron chi connectivity index (χ4n) is 2.34. The Kier molecular flexibility index (Phi) is 6.77. The van der Waals surface area contributed by atoms with Crippen LogP contribution in [0.2, 0.25) is 0 Å². The number of halogens is 1. The molecule has 2 amide bonds. The highest BCUT2D eigenvalue weighted by atomic mass is 19.2. The number of aliphatic hydroxyl groups is 1. The van der Waals surface area contributed by atoms with Crippen LogP contribution in [0.1, 0.15) is 24.0 Å². The normalized spacial score (nSPS) is 10.4. The summed E-state index contributed by atoms with van der Waals surface area (Å²) in [7, 11) is 0. The smallest absolute Gasteiger partial charge is 0.354 e. The number of nitrogens with zero attached hydrogens (tertiary/aromatic N) is 1. The van der Waals surface area contributed by atoms with Crippen LogP contribution in [0.5, 0.6) is 0 Å². The molecule has 0 heterocycles. The van der Waals surface area contributed by atoms with Gasteiger partial charge in [0.2, 0.25) is 0 Å². The Labute approximate surface area is 147 Å². The molecule has 0 bridgehead atoms. The standard InChI is InChI=1S/C19H24FN3O2/c1-14-9-10-16(13-15(14)2)23(20)19(25)22-18-8-4-3-7-17(18)21-11-5-6-12-24/h3-4,7-10,13,21,24H,5-6,11-12H2,1-2H3,(H,22,25). The van der Waals surface area contributed by atoms with Crippen LogP contribution < -0.4 is 15.8 Å². The van der Waals surface area contributed by atoms with E-state index in [2.05, 4.69) is 10.6 Å². The van der Waals surface area contributed by atoms with Crippen LogP contribution in [0, 0.1) is 13.8 Å². The Morgan fingerprint density at radius 3 is 2.48 bits per heavy atom. The molecule has 0 unspecified atom stereocenters. The average Bonchev–Trinajstić information content (AvgIpc) is 2.61. The number of hydrogen-bond donors (Lipinski definition) is 3. The zero-order chi connectivity index (χ0) is 18.2. The predicted molar refractivity (Wildman–Crippen MR) is 99.8 cm³/mol. The lowest BCUT2D eigenvalue weighted by Crippen LogP contribution is -2.28. The number of amides is 2. The first-order valence-corrected chi connectivity index (χ1v) is 8.31. The second-order valence-electron chi connectivity index (χ2n) is 5.88. The molecule has 0 aliphatic heterocycles. The van der Waals surface area contributed by atoms with Gasteiger partial charge in [-0.15, -0.1) is 5.12 Å².